The number of amides is 1. The number of anilines is 1. The van der Waals surface area contributed by atoms with Crippen LogP contribution in [0.1, 0.15) is 49.3 Å². The molecule has 1 unspecified atom stereocenters. The number of likely N-dealkylation sites (tertiary alicyclic amines) is 1. The summed E-state index contributed by atoms with van der Waals surface area (Å²) in [4.78, 5) is 14.8. The molecule has 0 saturated carbocycles. The van der Waals surface area contributed by atoms with Gasteiger partial charge in [-0.3, -0.25) is 9.48 Å². The molecule has 1 atom stereocenters. The van der Waals surface area contributed by atoms with Crippen molar-refractivity contribution < 1.29 is 4.79 Å². The van der Waals surface area contributed by atoms with Gasteiger partial charge in [0.2, 0.25) is 0 Å². The van der Waals surface area contributed by atoms with Crippen LogP contribution in [-0.2, 0) is 13.5 Å². The van der Waals surface area contributed by atoms with Crippen molar-refractivity contribution in [3.05, 3.63) is 11.4 Å². The van der Waals surface area contributed by atoms with Crippen LogP contribution in [-0.4, -0.2) is 46.3 Å². The minimum atomic E-state index is -0.133. The molecule has 1 saturated heterocycles. The van der Waals surface area contributed by atoms with Gasteiger partial charge in [-0.1, -0.05) is 13.3 Å². The maximum atomic E-state index is 12.4. The number of aryl methyl sites for hydroxylation is 2. The molecule has 1 aliphatic heterocycles. The lowest BCUT2D eigenvalue weighted by molar-refractivity contribution is 0.0917. The Bertz CT molecular complexity index is 490. The molecule has 21 heavy (non-hydrogen) atoms. The van der Waals surface area contributed by atoms with Gasteiger partial charge in [0, 0.05) is 19.6 Å². The van der Waals surface area contributed by atoms with Crippen LogP contribution in [0.4, 0.5) is 5.69 Å². The largest absolute Gasteiger partial charge is 0.395 e. The minimum Gasteiger partial charge on any atom is -0.395 e. The quantitative estimate of drug-likeness (QED) is 0.854. The summed E-state index contributed by atoms with van der Waals surface area (Å²) in [6.07, 6.45) is 4.57. The molecule has 0 bridgehead atoms. The van der Waals surface area contributed by atoms with Crippen molar-refractivity contribution in [3.8, 4) is 0 Å². The minimum absolute atomic E-state index is 0.106. The molecule has 1 aliphatic rings. The summed E-state index contributed by atoms with van der Waals surface area (Å²) in [6, 6.07) is 0.106. The monoisotopic (exact) mass is 293 g/mol. The van der Waals surface area contributed by atoms with E-state index in [0.717, 1.165) is 31.7 Å². The van der Waals surface area contributed by atoms with Gasteiger partial charge in [-0.05, 0) is 39.3 Å². The summed E-state index contributed by atoms with van der Waals surface area (Å²) in [7, 11) is 1.76. The van der Waals surface area contributed by atoms with E-state index in [0.29, 0.717) is 11.4 Å². The van der Waals surface area contributed by atoms with Crippen LogP contribution in [0.5, 0.6) is 0 Å². The lowest BCUT2D eigenvalue weighted by Gasteiger charge is -2.29. The van der Waals surface area contributed by atoms with Crippen LogP contribution in [0.15, 0.2) is 0 Å². The Morgan fingerprint density at radius 2 is 2.05 bits per heavy atom. The van der Waals surface area contributed by atoms with Gasteiger partial charge >= 0.3 is 0 Å². The maximum Gasteiger partial charge on any atom is 0.271 e. The molecular formula is C15H27N5O. The summed E-state index contributed by atoms with van der Waals surface area (Å²) < 4.78 is 1.58. The van der Waals surface area contributed by atoms with E-state index in [-0.39, 0.29) is 11.9 Å². The van der Waals surface area contributed by atoms with E-state index in [4.69, 9.17) is 5.73 Å². The number of hydrogen-bond donors (Lipinski definition) is 2. The molecule has 2 rings (SSSR count). The van der Waals surface area contributed by atoms with Crippen LogP contribution in [0.3, 0.4) is 0 Å². The molecule has 118 valence electrons. The first-order valence-electron chi connectivity index (χ1n) is 7.87. The Morgan fingerprint density at radius 1 is 1.38 bits per heavy atom. The van der Waals surface area contributed by atoms with Gasteiger partial charge in [-0.2, -0.15) is 5.10 Å². The van der Waals surface area contributed by atoms with Gasteiger partial charge in [0.25, 0.3) is 5.91 Å². The number of hydrogen-bond acceptors (Lipinski definition) is 4. The maximum absolute atomic E-state index is 12.4. The molecule has 6 heteroatoms. The van der Waals surface area contributed by atoms with Crippen molar-refractivity contribution in [1.82, 2.24) is 20.0 Å². The zero-order valence-electron chi connectivity index (χ0n) is 13.4. The van der Waals surface area contributed by atoms with Crippen LogP contribution < -0.4 is 11.1 Å². The molecule has 0 spiro atoms. The summed E-state index contributed by atoms with van der Waals surface area (Å²) in [5, 5.41) is 7.33. The zero-order valence-corrected chi connectivity index (χ0v) is 13.4. The van der Waals surface area contributed by atoms with Crippen LogP contribution in [0, 0.1) is 0 Å². The number of carbonyl (C=O) groups excluding carboxylic acids is 1. The molecule has 0 radical (unpaired) electrons. The van der Waals surface area contributed by atoms with Crippen molar-refractivity contribution in [3.63, 3.8) is 0 Å². The first-order valence-corrected chi connectivity index (χ1v) is 7.87. The smallest absolute Gasteiger partial charge is 0.271 e. The Kier molecular flexibility index (Phi) is 5.22. The number of carbonyl (C=O) groups is 1. The van der Waals surface area contributed by atoms with Crippen LogP contribution in [0.25, 0.3) is 0 Å². The Labute approximate surface area is 126 Å². The number of aromatic nitrogens is 2. The first kappa shape index (κ1) is 15.8. The molecule has 0 aromatic carbocycles. The highest BCUT2D eigenvalue weighted by atomic mass is 16.2. The number of rotatable bonds is 5. The molecule has 6 nitrogen and oxygen atoms in total. The van der Waals surface area contributed by atoms with E-state index >= 15 is 0 Å². The second-order valence-electron chi connectivity index (χ2n) is 5.92. The molecule has 1 aromatic rings. The lowest BCUT2D eigenvalue weighted by atomic mass is 10.1. The molecule has 2 heterocycles. The number of nitrogen functional groups attached to an aromatic ring is 1. The molecule has 0 aliphatic carbocycles. The number of nitrogens with one attached hydrogen (secondary N) is 1. The SMILES string of the molecule is CCc1nn(C)c(C(=O)NC(C)CN2CCCCC2)c1N. The molecular weight excluding hydrogens is 266 g/mol. The molecule has 1 aromatic heterocycles. The highest BCUT2D eigenvalue weighted by molar-refractivity contribution is 5.98. The van der Waals surface area contributed by atoms with E-state index in [1.807, 2.05) is 13.8 Å². The molecule has 3 N–H and O–H groups in total. The van der Waals surface area contributed by atoms with Crippen molar-refractivity contribution in [2.24, 2.45) is 7.05 Å². The highest BCUT2D eigenvalue weighted by Crippen LogP contribution is 2.17. The zero-order chi connectivity index (χ0) is 15.4. The first-order chi connectivity index (χ1) is 10.0. The fraction of sp³-hybridized carbons (Fsp3) is 0.733. The average molecular weight is 293 g/mol. The average Bonchev–Trinajstić information content (AvgIpc) is 2.74. The van der Waals surface area contributed by atoms with Gasteiger partial charge in [0.05, 0.1) is 11.4 Å². The molecule has 1 fully saturated rings. The Balaban J connectivity index is 1.95. The van der Waals surface area contributed by atoms with Crippen LogP contribution in [0.2, 0.25) is 0 Å². The summed E-state index contributed by atoms with van der Waals surface area (Å²) in [5.74, 6) is -0.133. The van der Waals surface area contributed by atoms with Gasteiger partial charge in [-0.25, -0.2) is 0 Å². The summed E-state index contributed by atoms with van der Waals surface area (Å²) in [5.41, 5.74) is 7.78. The number of nitrogens with zero attached hydrogens (tertiary/aromatic N) is 3. The number of nitrogens with two attached hydrogens (primary N) is 1. The van der Waals surface area contributed by atoms with Gasteiger partial charge in [-0.15, -0.1) is 0 Å². The Hall–Kier alpha value is -1.56. The van der Waals surface area contributed by atoms with E-state index < -0.39 is 0 Å². The molecule has 1 amide bonds. The highest BCUT2D eigenvalue weighted by Gasteiger charge is 2.21. The van der Waals surface area contributed by atoms with Crippen molar-refractivity contribution >= 4 is 11.6 Å². The normalized spacial score (nSPS) is 17.7. The lowest BCUT2D eigenvalue weighted by Crippen LogP contribution is -2.44. The van der Waals surface area contributed by atoms with Crippen LogP contribution >= 0.6 is 0 Å². The third kappa shape index (κ3) is 3.75. The van der Waals surface area contributed by atoms with E-state index in [2.05, 4.69) is 15.3 Å². The standard InChI is InChI=1S/C15H27N5O/c1-4-12-13(16)14(19(3)18-12)15(21)17-11(2)10-20-8-6-5-7-9-20/h11H,4-10,16H2,1-3H3,(H,17,21). The third-order valence-corrected chi connectivity index (χ3v) is 4.07. The summed E-state index contributed by atoms with van der Waals surface area (Å²) >= 11 is 0. The third-order valence-electron chi connectivity index (χ3n) is 4.07. The fourth-order valence-electron chi connectivity index (χ4n) is 2.99. The second-order valence-corrected chi connectivity index (χ2v) is 5.92. The van der Waals surface area contributed by atoms with E-state index in [1.165, 1.54) is 19.3 Å². The van der Waals surface area contributed by atoms with Gasteiger partial charge in [0.15, 0.2) is 0 Å². The van der Waals surface area contributed by atoms with E-state index in [9.17, 15) is 4.79 Å². The van der Waals surface area contributed by atoms with Gasteiger partial charge < -0.3 is 16.0 Å². The topological polar surface area (TPSA) is 76.2 Å². The Morgan fingerprint density at radius 3 is 2.62 bits per heavy atom. The summed E-state index contributed by atoms with van der Waals surface area (Å²) in [6.45, 7) is 7.19. The van der Waals surface area contributed by atoms with Crippen molar-refractivity contribution in [2.75, 3.05) is 25.4 Å². The number of piperidine rings is 1. The predicted molar refractivity (Wildman–Crippen MR) is 84.2 cm³/mol. The van der Waals surface area contributed by atoms with Crippen molar-refractivity contribution in [1.29, 1.82) is 0 Å². The predicted octanol–water partition coefficient (Wildman–Crippen LogP) is 1.17. The van der Waals surface area contributed by atoms with E-state index in [1.54, 1.807) is 11.7 Å². The van der Waals surface area contributed by atoms with Crippen molar-refractivity contribution in [2.45, 2.75) is 45.6 Å². The van der Waals surface area contributed by atoms with Gasteiger partial charge in [0.1, 0.15) is 5.69 Å². The second kappa shape index (κ2) is 6.93. The fourth-order valence-corrected chi connectivity index (χ4v) is 2.99.